The van der Waals surface area contributed by atoms with E-state index in [4.69, 9.17) is 5.73 Å². The van der Waals surface area contributed by atoms with Crippen LogP contribution in [0, 0.1) is 11.3 Å². The number of carbonyl (C=O) groups excluding carboxylic acids is 1. The van der Waals surface area contributed by atoms with Gasteiger partial charge in [0, 0.05) is 12.5 Å². The highest BCUT2D eigenvalue weighted by molar-refractivity contribution is 5.76. The number of hydrogen-bond acceptors (Lipinski definition) is 2. The number of carbonyl (C=O) groups is 1. The molecule has 3 nitrogen and oxygen atoms in total. The van der Waals surface area contributed by atoms with Crippen molar-refractivity contribution in [2.75, 3.05) is 6.54 Å². The molecule has 3 heteroatoms. The SMILES string of the molecule is CCC(CCN)CCC(=O)NC1CCC(C)(C)C1. The van der Waals surface area contributed by atoms with Crippen LogP contribution < -0.4 is 11.1 Å². The summed E-state index contributed by atoms with van der Waals surface area (Å²) in [5.74, 6) is 0.842. The van der Waals surface area contributed by atoms with Gasteiger partial charge in [-0.3, -0.25) is 4.79 Å². The molecule has 1 saturated carbocycles. The van der Waals surface area contributed by atoms with E-state index in [1.54, 1.807) is 0 Å². The number of hydrogen-bond donors (Lipinski definition) is 2. The summed E-state index contributed by atoms with van der Waals surface area (Å²) in [6.07, 6.45) is 7.30. The van der Waals surface area contributed by atoms with Crippen LogP contribution in [0.2, 0.25) is 0 Å². The lowest BCUT2D eigenvalue weighted by Gasteiger charge is -2.18. The van der Waals surface area contributed by atoms with Crippen LogP contribution in [0.15, 0.2) is 0 Å². The average Bonchev–Trinajstić information content (AvgIpc) is 2.64. The van der Waals surface area contributed by atoms with Gasteiger partial charge in [-0.25, -0.2) is 0 Å². The first-order valence-corrected chi connectivity index (χ1v) is 7.46. The lowest BCUT2D eigenvalue weighted by atomic mass is 9.92. The van der Waals surface area contributed by atoms with Crippen LogP contribution in [0.25, 0.3) is 0 Å². The molecule has 1 rings (SSSR count). The Morgan fingerprint density at radius 2 is 2.17 bits per heavy atom. The molecule has 0 aromatic heterocycles. The van der Waals surface area contributed by atoms with Gasteiger partial charge in [-0.1, -0.05) is 27.2 Å². The minimum atomic E-state index is 0.230. The quantitative estimate of drug-likeness (QED) is 0.734. The van der Waals surface area contributed by atoms with Gasteiger partial charge in [0.1, 0.15) is 0 Å². The zero-order valence-corrected chi connectivity index (χ0v) is 12.3. The highest BCUT2D eigenvalue weighted by atomic mass is 16.1. The summed E-state index contributed by atoms with van der Waals surface area (Å²) in [7, 11) is 0. The summed E-state index contributed by atoms with van der Waals surface area (Å²) < 4.78 is 0. The standard InChI is InChI=1S/C15H30N2O/c1-4-12(8-10-16)5-6-14(18)17-13-7-9-15(2,3)11-13/h12-13H,4-11,16H2,1-3H3,(H,17,18). The summed E-state index contributed by atoms with van der Waals surface area (Å²) in [5.41, 5.74) is 5.98. The van der Waals surface area contributed by atoms with E-state index in [1.165, 1.54) is 6.42 Å². The third kappa shape index (κ3) is 5.38. The zero-order chi connectivity index (χ0) is 13.6. The maximum absolute atomic E-state index is 11.9. The first kappa shape index (κ1) is 15.5. The molecule has 0 heterocycles. The maximum atomic E-state index is 11.9. The second kappa shape index (κ2) is 7.13. The van der Waals surface area contributed by atoms with E-state index in [0.717, 1.165) is 38.6 Å². The van der Waals surface area contributed by atoms with Gasteiger partial charge in [-0.15, -0.1) is 0 Å². The number of nitrogens with two attached hydrogens (primary N) is 1. The monoisotopic (exact) mass is 254 g/mol. The molecule has 2 atom stereocenters. The Labute approximate surface area is 112 Å². The van der Waals surface area contributed by atoms with E-state index < -0.39 is 0 Å². The molecule has 18 heavy (non-hydrogen) atoms. The van der Waals surface area contributed by atoms with Crippen LogP contribution in [0.5, 0.6) is 0 Å². The molecule has 0 aliphatic heterocycles. The third-order valence-electron chi connectivity index (χ3n) is 4.27. The van der Waals surface area contributed by atoms with Crippen molar-refractivity contribution in [1.29, 1.82) is 0 Å². The van der Waals surface area contributed by atoms with Gasteiger partial charge in [0.05, 0.1) is 0 Å². The molecule has 106 valence electrons. The molecule has 2 unspecified atom stereocenters. The molecule has 0 radical (unpaired) electrons. The lowest BCUT2D eigenvalue weighted by Crippen LogP contribution is -2.33. The number of amides is 1. The summed E-state index contributed by atoms with van der Waals surface area (Å²) in [4.78, 5) is 11.9. The van der Waals surface area contributed by atoms with Crippen molar-refractivity contribution in [3.63, 3.8) is 0 Å². The Kier molecular flexibility index (Phi) is 6.13. The lowest BCUT2D eigenvalue weighted by molar-refractivity contribution is -0.122. The molecule has 0 spiro atoms. The Morgan fingerprint density at radius 1 is 1.44 bits per heavy atom. The summed E-state index contributed by atoms with van der Waals surface area (Å²) in [5, 5.41) is 3.19. The fourth-order valence-electron chi connectivity index (χ4n) is 2.98. The minimum Gasteiger partial charge on any atom is -0.353 e. The average molecular weight is 254 g/mol. The van der Waals surface area contributed by atoms with Gasteiger partial charge in [0.15, 0.2) is 0 Å². The highest BCUT2D eigenvalue weighted by Gasteiger charge is 2.31. The molecule has 0 aromatic rings. The molecule has 1 fully saturated rings. The van der Waals surface area contributed by atoms with Crippen LogP contribution in [0.1, 0.15) is 65.7 Å². The van der Waals surface area contributed by atoms with Crippen molar-refractivity contribution in [3.8, 4) is 0 Å². The zero-order valence-electron chi connectivity index (χ0n) is 12.3. The van der Waals surface area contributed by atoms with Gasteiger partial charge in [0.2, 0.25) is 5.91 Å². The van der Waals surface area contributed by atoms with Crippen molar-refractivity contribution in [2.24, 2.45) is 17.1 Å². The van der Waals surface area contributed by atoms with Gasteiger partial charge in [0.25, 0.3) is 0 Å². The molecule has 3 N–H and O–H groups in total. The Balaban J connectivity index is 2.21. The summed E-state index contributed by atoms with van der Waals surface area (Å²) >= 11 is 0. The Bertz CT molecular complexity index is 263. The van der Waals surface area contributed by atoms with Crippen molar-refractivity contribution in [1.82, 2.24) is 5.32 Å². The number of nitrogens with one attached hydrogen (secondary N) is 1. The van der Waals surface area contributed by atoms with E-state index >= 15 is 0 Å². The molecule has 1 aliphatic carbocycles. The van der Waals surface area contributed by atoms with Gasteiger partial charge < -0.3 is 11.1 Å². The van der Waals surface area contributed by atoms with Gasteiger partial charge in [-0.2, -0.15) is 0 Å². The molecular formula is C15H30N2O. The predicted molar refractivity (Wildman–Crippen MR) is 76.2 cm³/mol. The smallest absolute Gasteiger partial charge is 0.220 e. The predicted octanol–water partition coefficient (Wildman–Crippen LogP) is 2.84. The van der Waals surface area contributed by atoms with Crippen LogP contribution in [0.4, 0.5) is 0 Å². The van der Waals surface area contributed by atoms with Crippen molar-refractivity contribution < 1.29 is 4.79 Å². The fraction of sp³-hybridized carbons (Fsp3) is 0.933. The first-order chi connectivity index (χ1) is 8.46. The second-order valence-electron chi connectivity index (χ2n) is 6.56. The minimum absolute atomic E-state index is 0.230. The number of rotatable bonds is 7. The fourth-order valence-corrected chi connectivity index (χ4v) is 2.98. The topological polar surface area (TPSA) is 55.1 Å². The molecule has 0 saturated heterocycles. The second-order valence-corrected chi connectivity index (χ2v) is 6.56. The van der Waals surface area contributed by atoms with Crippen LogP contribution in [-0.2, 0) is 4.79 Å². The molecular weight excluding hydrogens is 224 g/mol. The molecule has 1 amide bonds. The van der Waals surface area contributed by atoms with Crippen molar-refractivity contribution in [2.45, 2.75) is 71.8 Å². The van der Waals surface area contributed by atoms with E-state index in [0.29, 0.717) is 23.8 Å². The van der Waals surface area contributed by atoms with E-state index in [9.17, 15) is 4.79 Å². The van der Waals surface area contributed by atoms with Crippen molar-refractivity contribution in [3.05, 3.63) is 0 Å². The summed E-state index contributed by atoms with van der Waals surface area (Å²) in [6.45, 7) is 7.48. The maximum Gasteiger partial charge on any atom is 0.220 e. The first-order valence-electron chi connectivity index (χ1n) is 7.46. The van der Waals surface area contributed by atoms with Crippen molar-refractivity contribution >= 4 is 5.91 Å². The van der Waals surface area contributed by atoms with Gasteiger partial charge in [-0.05, 0) is 50.0 Å². The Hall–Kier alpha value is -0.570. The van der Waals surface area contributed by atoms with E-state index in [2.05, 4.69) is 26.1 Å². The molecule has 0 aromatic carbocycles. The molecule has 0 bridgehead atoms. The van der Waals surface area contributed by atoms with Crippen LogP contribution in [0.3, 0.4) is 0 Å². The summed E-state index contributed by atoms with van der Waals surface area (Å²) in [6, 6.07) is 0.405. The largest absolute Gasteiger partial charge is 0.353 e. The third-order valence-corrected chi connectivity index (χ3v) is 4.27. The van der Waals surface area contributed by atoms with Crippen LogP contribution >= 0.6 is 0 Å². The normalized spacial score (nSPS) is 23.9. The highest BCUT2D eigenvalue weighted by Crippen LogP contribution is 2.36. The molecule has 1 aliphatic rings. The van der Waals surface area contributed by atoms with E-state index in [1.807, 2.05) is 0 Å². The van der Waals surface area contributed by atoms with E-state index in [-0.39, 0.29) is 5.91 Å². The van der Waals surface area contributed by atoms with Crippen LogP contribution in [-0.4, -0.2) is 18.5 Å². The Morgan fingerprint density at radius 3 is 2.67 bits per heavy atom. The van der Waals surface area contributed by atoms with Gasteiger partial charge >= 0.3 is 0 Å².